The molecule has 6 nitrogen and oxygen atoms in total. The Balaban J connectivity index is 1.97. The Morgan fingerprint density at radius 3 is 3.10 bits per heavy atom. The van der Waals surface area contributed by atoms with Gasteiger partial charge in [0.05, 0.1) is 17.7 Å². The summed E-state index contributed by atoms with van der Waals surface area (Å²) < 4.78 is 16.1. The molecule has 0 fully saturated rings. The third kappa shape index (κ3) is 2.37. The fourth-order valence-electron chi connectivity index (χ4n) is 2.25. The maximum Gasteiger partial charge on any atom is 0.152 e. The summed E-state index contributed by atoms with van der Waals surface area (Å²) in [6.07, 6.45) is 3.26. The van der Waals surface area contributed by atoms with Gasteiger partial charge < -0.3 is 15.6 Å². The molecule has 2 heterocycles. The van der Waals surface area contributed by atoms with Gasteiger partial charge in [-0.3, -0.25) is 4.98 Å². The van der Waals surface area contributed by atoms with Gasteiger partial charge in [-0.25, -0.2) is 4.39 Å². The number of aryl methyl sites for hydroxylation is 1. The molecule has 0 atom stereocenters. The summed E-state index contributed by atoms with van der Waals surface area (Å²) in [7, 11) is 0. The molecule has 0 aliphatic carbocycles. The SMILES string of the molecule is CCn1cnnc1CNc1c(F)cc(N)c2cccnc12. The van der Waals surface area contributed by atoms with E-state index in [4.69, 9.17) is 5.73 Å². The van der Waals surface area contributed by atoms with Crippen LogP contribution in [0.5, 0.6) is 0 Å². The molecule has 21 heavy (non-hydrogen) atoms. The monoisotopic (exact) mass is 286 g/mol. The van der Waals surface area contributed by atoms with Crippen LogP contribution in [0.4, 0.5) is 15.8 Å². The van der Waals surface area contributed by atoms with Crippen LogP contribution in [0.2, 0.25) is 0 Å². The second-order valence-corrected chi connectivity index (χ2v) is 4.61. The third-order valence-corrected chi connectivity index (χ3v) is 3.34. The first-order chi connectivity index (χ1) is 10.2. The lowest BCUT2D eigenvalue weighted by Gasteiger charge is -2.12. The molecule has 0 amide bonds. The topological polar surface area (TPSA) is 81.7 Å². The van der Waals surface area contributed by atoms with E-state index in [0.29, 0.717) is 23.4 Å². The largest absolute Gasteiger partial charge is 0.398 e. The molecule has 1 aromatic carbocycles. The number of pyridine rings is 1. The Morgan fingerprint density at radius 1 is 1.43 bits per heavy atom. The lowest BCUT2D eigenvalue weighted by Crippen LogP contribution is -2.09. The lowest BCUT2D eigenvalue weighted by atomic mass is 10.1. The van der Waals surface area contributed by atoms with E-state index in [1.165, 1.54) is 6.07 Å². The summed E-state index contributed by atoms with van der Waals surface area (Å²) in [6.45, 7) is 3.11. The number of nitrogen functional groups attached to an aromatic ring is 1. The minimum atomic E-state index is -0.429. The number of hydrogen-bond acceptors (Lipinski definition) is 5. The summed E-state index contributed by atoms with van der Waals surface area (Å²) in [6, 6.07) is 4.89. The van der Waals surface area contributed by atoms with Crippen molar-refractivity contribution in [3.05, 3.63) is 42.4 Å². The molecule has 3 rings (SSSR count). The number of anilines is 2. The van der Waals surface area contributed by atoms with E-state index in [-0.39, 0.29) is 0 Å². The Morgan fingerprint density at radius 2 is 2.29 bits per heavy atom. The van der Waals surface area contributed by atoms with Gasteiger partial charge in [-0.2, -0.15) is 0 Å². The van der Waals surface area contributed by atoms with E-state index in [9.17, 15) is 4.39 Å². The fourth-order valence-corrected chi connectivity index (χ4v) is 2.25. The van der Waals surface area contributed by atoms with Gasteiger partial charge in [0, 0.05) is 23.8 Å². The van der Waals surface area contributed by atoms with E-state index < -0.39 is 5.82 Å². The van der Waals surface area contributed by atoms with Crippen molar-refractivity contribution in [1.82, 2.24) is 19.7 Å². The number of nitrogens with one attached hydrogen (secondary N) is 1. The van der Waals surface area contributed by atoms with Gasteiger partial charge in [-0.15, -0.1) is 10.2 Å². The summed E-state index contributed by atoms with van der Waals surface area (Å²) in [5, 5.41) is 11.6. The zero-order valence-corrected chi connectivity index (χ0v) is 11.5. The summed E-state index contributed by atoms with van der Waals surface area (Å²) >= 11 is 0. The van der Waals surface area contributed by atoms with E-state index in [0.717, 1.165) is 17.8 Å². The number of hydrogen-bond donors (Lipinski definition) is 2. The average molecular weight is 286 g/mol. The molecule has 108 valence electrons. The van der Waals surface area contributed by atoms with Crippen LogP contribution in [0.15, 0.2) is 30.7 Å². The van der Waals surface area contributed by atoms with Gasteiger partial charge in [0.1, 0.15) is 6.33 Å². The molecule has 3 aromatic rings. The quantitative estimate of drug-likeness (QED) is 0.718. The van der Waals surface area contributed by atoms with Crippen LogP contribution in [-0.2, 0) is 13.1 Å². The molecule has 7 heteroatoms. The number of benzene rings is 1. The van der Waals surface area contributed by atoms with Crippen molar-refractivity contribution in [1.29, 1.82) is 0 Å². The Bertz CT molecular complexity index is 782. The van der Waals surface area contributed by atoms with Crippen molar-refractivity contribution in [2.24, 2.45) is 0 Å². The van der Waals surface area contributed by atoms with Crippen LogP contribution in [0, 0.1) is 5.82 Å². The minimum Gasteiger partial charge on any atom is -0.398 e. The molecule has 0 saturated carbocycles. The number of fused-ring (bicyclic) bond motifs is 1. The fraction of sp³-hybridized carbons (Fsp3) is 0.214. The van der Waals surface area contributed by atoms with Crippen LogP contribution in [0.1, 0.15) is 12.7 Å². The summed E-state index contributed by atoms with van der Waals surface area (Å²) in [4.78, 5) is 4.22. The number of rotatable bonds is 4. The smallest absolute Gasteiger partial charge is 0.152 e. The van der Waals surface area contributed by atoms with Gasteiger partial charge in [0.25, 0.3) is 0 Å². The average Bonchev–Trinajstić information content (AvgIpc) is 2.94. The summed E-state index contributed by atoms with van der Waals surface area (Å²) in [5.74, 6) is 0.305. The number of aromatic nitrogens is 4. The second-order valence-electron chi connectivity index (χ2n) is 4.61. The number of nitrogens with two attached hydrogens (primary N) is 1. The molecule has 3 N–H and O–H groups in total. The van der Waals surface area contributed by atoms with Gasteiger partial charge in [-0.05, 0) is 25.1 Å². The van der Waals surface area contributed by atoms with Crippen molar-refractivity contribution in [2.45, 2.75) is 20.0 Å². The molecule has 0 radical (unpaired) electrons. The molecule has 2 aromatic heterocycles. The normalized spacial score (nSPS) is 11.0. The number of halogens is 1. The van der Waals surface area contributed by atoms with Crippen molar-refractivity contribution in [3.8, 4) is 0 Å². The van der Waals surface area contributed by atoms with Crippen molar-refractivity contribution in [3.63, 3.8) is 0 Å². The lowest BCUT2D eigenvalue weighted by molar-refractivity contribution is 0.630. The highest BCUT2D eigenvalue weighted by Crippen LogP contribution is 2.29. The highest BCUT2D eigenvalue weighted by molar-refractivity contribution is 5.98. The van der Waals surface area contributed by atoms with E-state index in [2.05, 4.69) is 20.5 Å². The van der Waals surface area contributed by atoms with Gasteiger partial charge in [0.2, 0.25) is 0 Å². The number of nitrogens with zero attached hydrogens (tertiary/aromatic N) is 4. The standard InChI is InChI=1S/C14H15FN6/c1-2-21-8-19-20-12(21)7-18-14-10(15)6-11(16)9-4-3-5-17-13(9)14/h3-6,8,18H,2,7,16H2,1H3. The molecule has 0 spiro atoms. The van der Waals surface area contributed by atoms with Gasteiger partial charge in [-0.1, -0.05) is 0 Å². The Kier molecular flexibility index (Phi) is 3.39. The van der Waals surface area contributed by atoms with Crippen LogP contribution in [0.25, 0.3) is 10.9 Å². The van der Waals surface area contributed by atoms with Gasteiger partial charge >= 0.3 is 0 Å². The molecule has 0 aliphatic heterocycles. The minimum absolute atomic E-state index is 0.324. The Labute approximate surface area is 120 Å². The highest BCUT2D eigenvalue weighted by Gasteiger charge is 2.12. The summed E-state index contributed by atoms with van der Waals surface area (Å²) in [5.41, 5.74) is 7.04. The van der Waals surface area contributed by atoms with Crippen LogP contribution in [-0.4, -0.2) is 19.7 Å². The molecule has 0 aliphatic rings. The zero-order chi connectivity index (χ0) is 14.8. The zero-order valence-electron chi connectivity index (χ0n) is 11.5. The van der Waals surface area contributed by atoms with Crippen molar-refractivity contribution >= 4 is 22.3 Å². The molecule has 0 saturated heterocycles. The predicted octanol–water partition coefficient (Wildman–Crippen LogP) is 2.18. The molecular formula is C14H15FN6. The Hall–Kier alpha value is -2.70. The van der Waals surface area contributed by atoms with E-state index >= 15 is 0 Å². The molecule has 0 bridgehead atoms. The second kappa shape index (κ2) is 5.35. The van der Waals surface area contributed by atoms with Crippen LogP contribution >= 0.6 is 0 Å². The molecule has 0 unspecified atom stereocenters. The predicted molar refractivity (Wildman–Crippen MR) is 79.1 cm³/mol. The first-order valence-corrected chi connectivity index (χ1v) is 6.64. The van der Waals surface area contributed by atoms with Gasteiger partial charge in [0.15, 0.2) is 11.6 Å². The maximum absolute atomic E-state index is 14.2. The van der Waals surface area contributed by atoms with E-state index in [1.807, 2.05) is 17.6 Å². The van der Waals surface area contributed by atoms with Crippen LogP contribution in [0.3, 0.4) is 0 Å². The molecular weight excluding hydrogens is 271 g/mol. The third-order valence-electron chi connectivity index (χ3n) is 3.34. The highest BCUT2D eigenvalue weighted by atomic mass is 19.1. The first kappa shape index (κ1) is 13.3. The van der Waals surface area contributed by atoms with Crippen molar-refractivity contribution < 1.29 is 4.39 Å². The first-order valence-electron chi connectivity index (χ1n) is 6.64. The van der Waals surface area contributed by atoms with E-state index in [1.54, 1.807) is 18.6 Å². The van der Waals surface area contributed by atoms with Crippen LogP contribution < -0.4 is 11.1 Å². The maximum atomic E-state index is 14.2. The van der Waals surface area contributed by atoms with Crippen molar-refractivity contribution in [2.75, 3.05) is 11.1 Å².